The van der Waals surface area contributed by atoms with Crippen molar-refractivity contribution in [3.05, 3.63) is 0 Å². The van der Waals surface area contributed by atoms with Gasteiger partial charge in [0.25, 0.3) is 0 Å². The van der Waals surface area contributed by atoms with Gasteiger partial charge in [0.2, 0.25) is 23.6 Å². The number of carboxylic acids is 3. The van der Waals surface area contributed by atoms with E-state index in [2.05, 4.69) is 16.0 Å². The van der Waals surface area contributed by atoms with E-state index in [0.29, 0.717) is 0 Å². The molecule has 0 bridgehead atoms. The molecule has 0 aromatic carbocycles. The maximum atomic E-state index is 12.8. The van der Waals surface area contributed by atoms with Crippen LogP contribution >= 0.6 is 0 Å². The summed E-state index contributed by atoms with van der Waals surface area (Å²) >= 11 is 0. The first kappa shape index (κ1) is 31.2. The summed E-state index contributed by atoms with van der Waals surface area (Å²) < 4.78 is 0. The van der Waals surface area contributed by atoms with E-state index >= 15 is 0 Å². The highest BCUT2D eigenvalue weighted by atomic mass is 16.4. The summed E-state index contributed by atoms with van der Waals surface area (Å²) in [6.07, 6.45) is -2.07. The van der Waals surface area contributed by atoms with Crippen LogP contribution in [-0.4, -0.2) is 81.0 Å². The molecule has 0 aliphatic heterocycles. The largest absolute Gasteiger partial charge is 0.481 e. The Bertz CT molecular complexity index is 816. The number of carbonyl (C=O) groups excluding carboxylic acids is 4. The Kier molecular flexibility index (Phi) is 13.6. The molecular weight excluding hydrogens is 470 g/mol. The maximum Gasteiger partial charge on any atom is 0.326 e. The third-order valence-electron chi connectivity index (χ3n) is 4.83. The smallest absolute Gasteiger partial charge is 0.326 e. The number of rotatable bonds is 17. The second-order valence-electron chi connectivity index (χ2n) is 8.17. The Balaban J connectivity index is 5.47. The van der Waals surface area contributed by atoms with Crippen LogP contribution in [0.15, 0.2) is 0 Å². The Hall–Kier alpha value is -3.75. The molecular formula is C20H33N5O10. The standard InChI is InChI=1S/C20H33N5O10/c1-9(2)16(19(33)24-12(20(34)35)5-8-15(29)30)25-18(32)11(4-6-13(22)26)23-17(31)10(21)3-7-14(27)28/h9-12,16H,3-8,21H2,1-2H3,(H2,22,26)(H,23,31)(H,24,33)(H,25,32)(H,27,28)(H,29,30)(H,34,35). The molecule has 4 unspecified atom stereocenters. The van der Waals surface area contributed by atoms with Gasteiger partial charge in [-0.15, -0.1) is 0 Å². The van der Waals surface area contributed by atoms with Crippen LogP contribution in [0.1, 0.15) is 52.4 Å². The number of nitrogens with one attached hydrogen (secondary N) is 3. The SMILES string of the molecule is CC(C)C(NC(=O)C(CCC(N)=O)NC(=O)C(N)CCC(=O)O)C(=O)NC(CCC(=O)O)C(=O)O. The molecule has 15 heteroatoms. The molecule has 0 aliphatic carbocycles. The highest BCUT2D eigenvalue weighted by Crippen LogP contribution is 2.08. The van der Waals surface area contributed by atoms with Crippen LogP contribution in [0.2, 0.25) is 0 Å². The Morgan fingerprint density at radius 3 is 1.63 bits per heavy atom. The maximum absolute atomic E-state index is 12.8. The van der Waals surface area contributed by atoms with Crippen molar-refractivity contribution in [2.75, 3.05) is 0 Å². The highest BCUT2D eigenvalue weighted by molar-refractivity contribution is 5.94. The van der Waals surface area contributed by atoms with Gasteiger partial charge in [-0.25, -0.2) is 4.79 Å². The van der Waals surface area contributed by atoms with E-state index in [9.17, 15) is 38.7 Å². The van der Waals surface area contributed by atoms with Gasteiger partial charge in [-0.3, -0.25) is 28.8 Å². The van der Waals surface area contributed by atoms with Crippen LogP contribution < -0.4 is 27.4 Å². The number of nitrogens with two attached hydrogens (primary N) is 2. The first-order chi connectivity index (χ1) is 16.1. The molecule has 0 saturated carbocycles. The molecule has 0 fully saturated rings. The van der Waals surface area contributed by atoms with Gasteiger partial charge >= 0.3 is 17.9 Å². The first-order valence-electron chi connectivity index (χ1n) is 10.8. The summed E-state index contributed by atoms with van der Waals surface area (Å²) in [4.78, 5) is 81.8. The predicted octanol–water partition coefficient (Wildman–Crippen LogP) is -2.50. The minimum atomic E-state index is -1.52. The number of primary amides is 1. The molecule has 0 aliphatic rings. The Morgan fingerprint density at radius 1 is 0.686 bits per heavy atom. The number of hydrogen-bond donors (Lipinski definition) is 8. The zero-order chi connectivity index (χ0) is 27.3. The van der Waals surface area contributed by atoms with Crippen molar-refractivity contribution in [3.8, 4) is 0 Å². The lowest BCUT2D eigenvalue weighted by Crippen LogP contribution is -2.58. The molecule has 0 aromatic rings. The quantitative estimate of drug-likeness (QED) is 0.103. The number of carbonyl (C=O) groups is 7. The lowest BCUT2D eigenvalue weighted by atomic mass is 10.0. The monoisotopic (exact) mass is 503 g/mol. The van der Waals surface area contributed by atoms with Crippen molar-refractivity contribution in [3.63, 3.8) is 0 Å². The lowest BCUT2D eigenvalue weighted by Gasteiger charge is -2.27. The molecule has 10 N–H and O–H groups in total. The molecule has 35 heavy (non-hydrogen) atoms. The van der Waals surface area contributed by atoms with Crippen LogP contribution in [-0.2, 0) is 33.6 Å². The summed E-state index contributed by atoms with van der Waals surface area (Å²) in [5, 5.41) is 33.6. The van der Waals surface area contributed by atoms with Crippen LogP contribution in [0, 0.1) is 5.92 Å². The Morgan fingerprint density at radius 2 is 1.17 bits per heavy atom. The van der Waals surface area contributed by atoms with Gasteiger partial charge in [-0.1, -0.05) is 13.8 Å². The predicted molar refractivity (Wildman–Crippen MR) is 118 cm³/mol. The number of hydrogen-bond acceptors (Lipinski definition) is 8. The summed E-state index contributed by atoms with van der Waals surface area (Å²) in [6.45, 7) is 3.10. The van der Waals surface area contributed by atoms with Gasteiger partial charge < -0.3 is 42.7 Å². The van der Waals surface area contributed by atoms with Gasteiger partial charge in [0, 0.05) is 19.3 Å². The molecule has 0 radical (unpaired) electrons. The van der Waals surface area contributed by atoms with Crippen LogP contribution in [0.3, 0.4) is 0 Å². The zero-order valence-corrected chi connectivity index (χ0v) is 19.5. The topological polar surface area (TPSA) is 268 Å². The second kappa shape index (κ2) is 15.2. The fourth-order valence-electron chi connectivity index (χ4n) is 2.82. The van der Waals surface area contributed by atoms with Gasteiger partial charge in [0.05, 0.1) is 6.04 Å². The third-order valence-corrected chi connectivity index (χ3v) is 4.83. The molecule has 0 spiro atoms. The Labute approximate surface area is 201 Å². The first-order valence-corrected chi connectivity index (χ1v) is 10.8. The summed E-state index contributed by atoms with van der Waals surface area (Å²) in [7, 11) is 0. The lowest BCUT2D eigenvalue weighted by molar-refractivity contribution is -0.144. The average molecular weight is 504 g/mol. The molecule has 198 valence electrons. The van der Waals surface area contributed by atoms with Crippen molar-refractivity contribution in [2.24, 2.45) is 17.4 Å². The van der Waals surface area contributed by atoms with E-state index < -0.39 is 84.5 Å². The number of aliphatic carboxylic acids is 3. The molecule has 0 heterocycles. The summed E-state index contributed by atoms with van der Waals surface area (Å²) in [5.74, 6) is -7.87. The van der Waals surface area contributed by atoms with Gasteiger partial charge in [-0.05, 0) is 25.2 Å². The van der Waals surface area contributed by atoms with Crippen LogP contribution in [0.5, 0.6) is 0 Å². The fraction of sp³-hybridized carbons (Fsp3) is 0.650. The van der Waals surface area contributed by atoms with E-state index in [-0.39, 0.29) is 25.7 Å². The van der Waals surface area contributed by atoms with Crippen molar-refractivity contribution >= 4 is 41.5 Å². The molecule has 0 aromatic heterocycles. The van der Waals surface area contributed by atoms with Crippen LogP contribution in [0.25, 0.3) is 0 Å². The third kappa shape index (κ3) is 12.9. The van der Waals surface area contributed by atoms with Crippen molar-refractivity contribution in [1.29, 1.82) is 0 Å². The van der Waals surface area contributed by atoms with Gasteiger partial charge in [-0.2, -0.15) is 0 Å². The second-order valence-corrected chi connectivity index (χ2v) is 8.17. The van der Waals surface area contributed by atoms with Gasteiger partial charge in [0.1, 0.15) is 18.1 Å². The molecule has 4 atom stereocenters. The number of carboxylic acid groups (broad SMARTS) is 3. The van der Waals surface area contributed by atoms with E-state index in [1.807, 2.05) is 0 Å². The van der Waals surface area contributed by atoms with E-state index in [0.717, 1.165) is 0 Å². The van der Waals surface area contributed by atoms with Crippen molar-refractivity contribution in [2.45, 2.75) is 76.5 Å². The van der Waals surface area contributed by atoms with Gasteiger partial charge in [0.15, 0.2) is 0 Å². The highest BCUT2D eigenvalue weighted by Gasteiger charge is 2.32. The average Bonchev–Trinajstić information content (AvgIpc) is 2.74. The van der Waals surface area contributed by atoms with E-state index in [1.165, 1.54) is 0 Å². The van der Waals surface area contributed by atoms with Crippen LogP contribution in [0.4, 0.5) is 0 Å². The van der Waals surface area contributed by atoms with Crippen molar-refractivity contribution < 1.29 is 48.9 Å². The summed E-state index contributed by atoms with van der Waals surface area (Å²) in [5.41, 5.74) is 10.7. The zero-order valence-electron chi connectivity index (χ0n) is 19.5. The minimum Gasteiger partial charge on any atom is -0.481 e. The normalized spacial score (nSPS) is 14.2. The molecule has 15 nitrogen and oxygen atoms in total. The molecule has 0 rings (SSSR count). The minimum absolute atomic E-state index is 0.213. The number of amides is 4. The van der Waals surface area contributed by atoms with Crippen molar-refractivity contribution in [1.82, 2.24) is 16.0 Å². The fourth-order valence-corrected chi connectivity index (χ4v) is 2.82. The summed E-state index contributed by atoms with van der Waals surface area (Å²) in [6, 6.07) is -5.41. The molecule has 4 amide bonds. The van der Waals surface area contributed by atoms with E-state index in [1.54, 1.807) is 13.8 Å². The van der Waals surface area contributed by atoms with E-state index in [4.69, 9.17) is 21.7 Å². The molecule has 0 saturated heterocycles.